The van der Waals surface area contributed by atoms with Gasteiger partial charge in [-0.3, -0.25) is 9.79 Å². The topological polar surface area (TPSA) is 74.8 Å². The molecule has 2 aromatic carbocycles. The minimum Gasteiger partial charge on any atom is -0.492 e. The SMILES string of the molecule is CN=C(NCCOc1ccc(C)cc1)NCc1cccc(C(=O)NC)c1. The molecule has 0 aliphatic rings. The van der Waals surface area contributed by atoms with Crippen molar-refractivity contribution in [2.24, 2.45) is 4.99 Å². The number of amides is 1. The number of hydrogen-bond acceptors (Lipinski definition) is 3. The summed E-state index contributed by atoms with van der Waals surface area (Å²) in [6, 6.07) is 15.5. The van der Waals surface area contributed by atoms with Gasteiger partial charge in [0.2, 0.25) is 0 Å². The average molecular weight is 354 g/mol. The Morgan fingerprint density at radius 2 is 1.88 bits per heavy atom. The number of aliphatic imine (C=N–C) groups is 1. The first-order chi connectivity index (χ1) is 12.6. The molecule has 0 saturated heterocycles. The van der Waals surface area contributed by atoms with Gasteiger partial charge in [0.25, 0.3) is 5.91 Å². The molecule has 0 aliphatic heterocycles. The maximum Gasteiger partial charge on any atom is 0.251 e. The van der Waals surface area contributed by atoms with Crippen molar-refractivity contribution in [1.29, 1.82) is 0 Å². The highest BCUT2D eigenvalue weighted by atomic mass is 16.5. The summed E-state index contributed by atoms with van der Waals surface area (Å²) in [7, 11) is 3.34. The Morgan fingerprint density at radius 1 is 1.12 bits per heavy atom. The Kier molecular flexibility index (Phi) is 7.49. The molecule has 0 radical (unpaired) electrons. The summed E-state index contributed by atoms with van der Waals surface area (Å²) in [5, 5.41) is 9.06. The number of hydrogen-bond donors (Lipinski definition) is 3. The molecule has 3 N–H and O–H groups in total. The molecule has 0 aliphatic carbocycles. The van der Waals surface area contributed by atoms with Gasteiger partial charge in [0.1, 0.15) is 12.4 Å². The molecule has 1 amide bonds. The quantitative estimate of drug-likeness (QED) is 0.404. The van der Waals surface area contributed by atoms with Crippen molar-refractivity contribution in [2.45, 2.75) is 13.5 Å². The summed E-state index contributed by atoms with van der Waals surface area (Å²) in [6.45, 7) is 3.79. The summed E-state index contributed by atoms with van der Waals surface area (Å²) < 4.78 is 5.68. The number of ether oxygens (including phenoxy) is 1. The second-order valence-corrected chi connectivity index (χ2v) is 5.79. The van der Waals surface area contributed by atoms with Crippen molar-refractivity contribution in [3.63, 3.8) is 0 Å². The molecular weight excluding hydrogens is 328 g/mol. The van der Waals surface area contributed by atoms with Crippen molar-refractivity contribution in [3.8, 4) is 5.75 Å². The zero-order chi connectivity index (χ0) is 18.8. The van der Waals surface area contributed by atoms with E-state index in [0.717, 1.165) is 11.3 Å². The monoisotopic (exact) mass is 354 g/mol. The zero-order valence-electron chi connectivity index (χ0n) is 15.5. The van der Waals surface area contributed by atoms with Crippen LogP contribution >= 0.6 is 0 Å². The number of carbonyl (C=O) groups is 1. The number of carbonyl (C=O) groups excluding carboxylic acids is 1. The minimum absolute atomic E-state index is 0.0948. The van der Waals surface area contributed by atoms with Gasteiger partial charge in [0.15, 0.2) is 5.96 Å². The highest BCUT2D eigenvalue weighted by Gasteiger charge is 2.04. The van der Waals surface area contributed by atoms with Crippen molar-refractivity contribution >= 4 is 11.9 Å². The van der Waals surface area contributed by atoms with Gasteiger partial charge in [-0.25, -0.2) is 0 Å². The highest BCUT2D eigenvalue weighted by Crippen LogP contribution is 2.10. The number of nitrogens with one attached hydrogen (secondary N) is 3. The van der Waals surface area contributed by atoms with E-state index in [0.29, 0.717) is 31.2 Å². The molecule has 0 saturated carbocycles. The maximum absolute atomic E-state index is 11.7. The summed E-state index contributed by atoms with van der Waals surface area (Å²) in [4.78, 5) is 15.9. The molecule has 6 heteroatoms. The van der Waals surface area contributed by atoms with E-state index in [-0.39, 0.29) is 5.91 Å². The van der Waals surface area contributed by atoms with E-state index in [1.54, 1.807) is 20.2 Å². The Balaban J connectivity index is 1.75. The van der Waals surface area contributed by atoms with Gasteiger partial charge in [-0.15, -0.1) is 0 Å². The van der Waals surface area contributed by atoms with Crippen LogP contribution in [0.15, 0.2) is 53.5 Å². The molecule has 0 bridgehead atoms. The molecular formula is C20H26N4O2. The lowest BCUT2D eigenvalue weighted by molar-refractivity contribution is 0.0963. The summed E-state index contributed by atoms with van der Waals surface area (Å²) in [5.41, 5.74) is 2.85. The molecule has 138 valence electrons. The van der Waals surface area contributed by atoms with Crippen LogP contribution in [-0.4, -0.2) is 39.1 Å². The van der Waals surface area contributed by atoms with Gasteiger partial charge >= 0.3 is 0 Å². The first-order valence-corrected chi connectivity index (χ1v) is 8.57. The van der Waals surface area contributed by atoms with Crippen molar-refractivity contribution in [2.75, 3.05) is 27.2 Å². The van der Waals surface area contributed by atoms with Crippen molar-refractivity contribution in [3.05, 3.63) is 65.2 Å². The van der Waals surface area contributed by atoms with Gasteiger partial charge in [0.05, 0.1) is 6.54 Å². The van der Waals surface area contributed by atoms with Gasteiger partial charge in [-0.05, 0) is 36.8 Å². The molecule has 2 aromatic rings. The van der Waals surface area contributed by atoms with E-state index >= 15 is 0 Å². The lowest BCUT2D eigenvalue weighted by Crippen LogP contribution is -2.38. The predicted molar refractivity (Wildman–Crippen MR) is 105 cm³/mol. The Morgan fingerprint density at radius 3 is 2.58 bits per heavy atom. The van der Waals surface area contributed by atoms with Crippen LogP contribution in [0, 0.1) is 6.92 Å². The lowest BCUT2D eigenvalue weighted by atomic mass is 10.1. The molecule has 2 rings (SSSR count). The standard InChI is InChI=1S/C20H26N4O2/c1-15-7-9-18(10-8-15)26-12-11-23-20(22-3)24-14-16-5-4-6-17(13-16)19(25)21-2/h4-10,13H,11-12,14H2,1-3H3,(H,21,25)(H2,22,23,24). The van der Waals surface area contributed by atoms with E-state index in [2.05, 4.69) is 20.9 Å². The predicted octanol–water partition coefficient (Wildman–Crippen LogP) is 2.10. The van der Waals surface area contributed by atoms with Crippen LogP contribution < -0.4 is 20.7 Å². The molecule has 6 nitrogen and oxygen atoms in total. The maximum atomic E-state index is 11.7. The molecule has 26 heavy (non-hydrogen) atoms. The van der Waals surface area contributed by atoms with Crippen LogP contribution in [0.1, 0.15) is 21.5 Å². The lowest BCUT2D eigenvalue weighted by Gasteiger charge is -2.13. The summed E-state index contributed by atoms with van der Waals surface area (Å²) in [6.07, 6.45) is 0. The van der Waals surface area contributed by atoms with Crippen molar-refractivity contribution < 1.29 is 9.53 Å². The number of rotatable bonds is 7. The minimum atomic E-state index is -0.0948. The largest absolute Gasteiger partial charge is 0.492 e. The fourth-order valence-electron chi connectivity index (χ4n) is 2.35. The highest BCUT2D eigenvalue weighted by molar-refractivity contribution is 5.94. The Bertz CT molecular complexity index is 742. The van der Waals surface area contributed by atoms with Crippen LogP contribution in [0.2, 0.25) is 0 Å². The van der Waals surface area contributed by atoms with Crippen LogP contribution in [0.3, 0.4) is 0 Å². The molecule has 0 unspecified atom stereocenters. The molecule has 0 atom stereocenters. The number of aryl methyl sites for hydroxylation is 1. The smallest absolute Gasteiger partial charge is 0.251 e. The molecule has 0 spiro atoms. The van der Waals surface area contributed by atoms with Crippen molar-refractivity contribution in [1.82, 2.24) is 16.0 Å². The third kappa shape index (κ3) is 6.12. The Labute approximate surface area is 154 Å². The fraction of sp³-hybridized carbons (Fsp3) is 0.300. The van der Waals surface area contributed by atoms with Gasteiger partial charge in [-0.1, -0.05) is 29.8 Å². The van der Waals surface area contributed by atoms with Gasteiger partial charge in [-0.2, -0.15) is 0 Å². The fourth-order valence-corrected chi connectivity index (χ4v) is 2.35. The van der Waals surface area contributed by atoms with Gasteiger partial charge < -0.3 is 20.7 Å². The van der Waals surface area contributed by atoms with Crippen LogP contribution in [0.4, 0.5) is 0 Å². The molecule has 0 aromatic heterocycles. The average Bonchev–Trinajstić information content (AvgIpc) is 2.68. The van der Waals surface area contributed by atoms with E-state index in [9.17, 15) is 4.79 Å². The van der Waals surface area contributed by atoms with Crippen LogP contribution in [0.25, 0.3) is 0 Å². The van der Waals surface area contributed by atoms with E-state index in [1.165, 1.54) is 5.56 Å². The second kappa shape index (κ2) is 10.1. The molecule has 0 heterocycles. The normalized spacial score (nSPS) is 11.0. The second-order valence-electron chi connectivity index (χ2n) is 5.79. The first-order valence-electron chi connectivity index (χ1n) is 8.57. The third-order valence-electron chi connectivity index (χ3n) is 3.78. The molecule has 0 fully saturated rings. The number of benzene rings is 2. The Hall–Kier alpha value is -3.02. The zero-order valence-corrected chi connectivity index (χ0v) is 15.5. The first kappa shape index (κ1) is 19.3. The summed E-state index contributed by atoms with van der Waals surface area (Å²) in [5.74, 6) is 1.44. The van der Waals surface area contributed by atoms with Gasteiger partial charge in [0, 0.05) is 26.2 Å². The van der Waals surface area contributed by atoms with Crippen LogP contribution in [0.5, 0.6) is 5.75 Å². The van der Waals surface area contributed by atoms with E-state index < -0.39 is 0 Å². The number of nitrogens with zero attached hydrogens (tertiary/aromatic N) is 1. The summed E-state index contributed by atoms with van der Waals surface area (Å²) >= 11 is 0. The third-order valence-corrected chi connectivity index (χ3v) is 3.78. The van der Waals surface area contributed by atoms with Crippen LogP contribution in [-0.2, 0) is 6.54 Å². The number of guanidine groups is 1. The van der Waals surface area contributed by atoms with E-state index in [4.69, 9.17) is 4.74 Å². The van der Waals surface area contributed by atoms with E-state index in [1.807, 2.05) is 49.4 Å².